The van der Waals surface area contributed by atoms with Crippen LogP contribution in [-0.4, -0.2) is 11.9 Å². The van der Waals surface area contributed by atoms with E-state index in [0.29, 0.717) is 12.0 Å². The SMILES string of the molecule is C=CC(=O)NC1CCC1CC. The standard InChI is InChI=1S/C9H15NO/c1-3-7-5-6-8(7)10-9(11)4-2/h4,7-8H,2-3,5-6H2,1H3,(H,10,11). The third-order valence-corrected chi connectivity index (χ3v) is 2.45. The van der Waals surface area contributed by atoms with Gasteiger partial charge in [0, 0.05) is 6.04 Å². The van der Waals surface area contributed by atoms with E-state index < -0.39 is 0 Å². The van der Waals surface area contributed by atoms with Gasteiger partial charge in [-0.3, -0.25) is 4.79 Å². The number of carbonyl (C=O) groups excluding carboxylic acids is 1. The third-order valence-electron chi connectivity index (χ3n) is 2.45. The Labute approximate surface area is 67.7 Å². The summed E-state index contributed by atoms with van der Waals surface area (Å²) < 4.78 is 0. The number of rotatable bonds is 3. The summed E-state index contributed by atoms with van der Waals surface area (Å²) in [6.07, 6.45) is 4.91. The molecule has 62 valence electrons. The number of amides is 1. The second kappa shape index (κ2) is 3.56. The molecule has 1 N–H and O–H groups in total. The molecule has 2 atom stereocenters. The predicted octanol–water partition coefficient (Wildman–Crippen LogP) is 1.48. The lowest BCUT2D eigenvalue weighted by Gasteiger charge is -2.36. The zero-order valence-electron chi connectivity index (χ0n) is 6.97. The molecule has 1 fully saturated rings. The number of hydrogen-bond acceptors (Lipinski definition) is 1. The summed E-state index contributed by atoms with van der Waals surface area (Å²) in [6, 6.07) is 0.422. The highest BCUT2D eigenvalue weighted by atomic mass is 16.1. The summed E-state index contributed by atoms with van der Waals surface area (Å²) in [7, 11) is 0. The van der Waals surface area contributed by atoms with Gasteiger partial charge in [-0.05, 0) is 24.8 Å². The summed E-state index contributed by atoms with van der Waals surface area (Å²) in [5.41, 5.74) is 0. The van der Waals surface area contributed by atoms with Crippen molar-refractivity contribution < 1.29 is 4.79 Å². The van der Waals surface area contributed by atoms with Crippen molar-refractivity contribution in [2.75, 3.05) is 0 Å². The van der Waals surface area contributed by atoms with Gasteiger partial charge in [-0.15, -0.1) is 0 Å². The third kappa shape index (κ3) is 1.82. The Bertz CT molecular complexity index is 163. The van der Waals surface area contributed by atoms with Crippen LogP contribution in [0.5, 0.6) is 0 Å². The molecule has 11 heavy (non-hydrogen) atoms. The van der Waals surface area contributed by atoms with Gasteiger partial charge in [0.05, 0.1) is 0 Å². The van der Waals surface area contributed by atoms with Gasteiger partial charge in [-0.1, -0.05) is 19.9 Å². The molecule has 0 heterocycles. The Morgan fingerprint density at radius 3 is 2.82 bits per heavy atom. The Hall–Kier alpha value is -0.790. The highest BCUT2D eigenvalue weighted by molar-refractivity contribution is 5.87. The maximum atomic E-state index is 10.8. The second-order valence-electron chi connectivity index (χ2n) is 3.06. The molecular formula is C9H15NO. The second-order valence-corrected chi connectivity index (χ2v) is 3.06. The van der Waals surface area contributed by atoms with Crippen LogP contribution in [0, 0.1) is 5.92 Å². The summed E-state index contributed by atoms with van der Waals surface area (Å²) in [4.78, 5) is 10.8. The van der Waals surface area contributed by atoms with Gasteiger partial charge in [0.15, 0.2) is 0 Å². The minimum absolute atomic E-state index is 0.0341. The average molecular weight is 153 g/mol. The Kier molecular flexibility index (Phi) is 2.69. The fraction of sp³-hybridized carbons (Fsp3) is 0.667. The molecule has 0 radical (unpaired) electrons. The Morgan fingerprint density at radius 2 is 2.45 bits per heavy atom. The van der Waals surface area contributed by atoms with Crippen molar-refractivity contribution in [3.8, 4) is 0 Å². The van der Waals surface area contributed by atoms with E-state index in [2.05, 4.69) is 18.8 Å². The van der Waals surface area contributed by atoms with E-state index in [1.807, 2.05) is 0 Å². The molecule has 1 rings (SSSR count). The molecule has 1 aliphatic rings. The average Bonchev–Trinajstić information content (AvgIpc) is 1.98. The van der Waals surface area contributed by atoms with Crippen LogP contribution in [0.4, 0.5) is 0 Å². The predicted molar refractivity (Wildman–Crippen MR) is 45.1 cm³/mol. The molecule has 2 heteroatoms. The lowest BCUT2D eigenvalue weighted by Crippen LogP contribution is -2.45. The van der Waals surface area contributed by atoms with Crippen LogP contribution in [0.2, 0.25) is 0 Å². The minimum atomic E-state index is -0.0341. The van der Waals surface area contributed by atoms with E-state index in [-0.39, 0.29) is 5.91 Å². The molecule has 0 aromatic rings. The monoisotopic (exact) mass is 153 g/mol. The Morgan fingerprint density at radius 1 is 1.73 bits per heavy atom. The van der Waals surface area contributed by atoms with Gasteiger partial charge in [0.2, 0.25) is 5.91 Å². The van der Waals surface area contributed by atoms with Crippen LogP contribution in [0.3, 0.4) is 0 Å². The first-order valence-electron chi connectivity index (χ1n) is 4.20. The summed E-state index contributed by atoms with van der Waals surface area (Å²) in [5.74, 6) is 0.673. The van der Waals surface area contributed by atoms with Crippen molar-refractivity contribution >= 4 is 5.91 Å². The topological polar surface area (TPSA) is 29.1 Å². The maximum absolute atomic E-state index is 10.8. The van der Waals surface area contributed by atoms with Crippen LogP contribution >= 0.6 is 0 Å². The van der Waals surface area contributed by atoms with Crippen LogP contribution < -0.4 is 5.32 Å². The maximum Gasteiger partial charge on any atom is 0.243 e. The first kappa shape index (κ1) is 8.31. The largest absolute Gasteiger partial charge is 0.350 e. The lowest BCUT2D eigenvalue weighted by molar-refractivity contribution is -0.118. The highest BCUT2D eigenvalue weighted by Crippen LogP contribution is 2.29. The highest BCUT2D eigenvalue weighted by Gasteiger charge is 2.29. The van der Waals surface area contributed by atoms with Crippen LogP contribution in [0.1, 0.15) is 26.2 Å². The zero-order valence-corrected chi connectivity index (χ0v) is 6.97. The molecule has 1 saturated carbocycles. The number of nitrogens with one attached hydrogen (secondary N) is 1. The quantitative estimate of drug-likeness (QED) is 0.611. The summed E-state index contributed by atoms with van der Waals surface area (Å²) in [5, 5.41) is 2.91. The van der Waals surface area contributed by atoms with E-state index in [4.69, 9.17) is 0 Å². The van der Waals surface area contributed by atoms with E-state index in [9.17, 15) is 4.79 Å². The van der Waals surface area contributed by atoms with Gasteiger partial charge < -0.3 is 5.32 Å². The molecule has 0 spiro atoms. The Balaban J connectivity index is 2.27. The smallest absolute Gasteiger partial charge is 0.243 e. The van der Waals surface area contributed by atoms with Crippen LogP contribution in [0.25, 0.3) is 0 Å². The van der Waals surface area contributed by atoms with E-state index in [0.717, 1.165) is 6.42 Å². The van der Waals surface area contributed by atoms with Gasteiger partial charge in [0.25, 0.3) is 0 Å². The number of hydrogen-bond donors (Lipinski definition) is 1. The van der Waals surface area contributed by atoms with Gasteiger partial charge in [-0.25, -0.2) is 0 Å². The normalized spacial score (nSPS) is 28.8. The molecule has 0 aromatic heterocycles. The van der Waals surface area contributed by atoms with E-state index >= 15 is 0 Å². The molecule has 0 bridgehead atoms. The van der Waals surface area contributed by atoms with E-state index in [1.54, 1.807) is 0 Å². The molecule has 0 aromatic carbocycles. The van der Waals surface area contributed by atoms with Gasteiger partial charge >= 0.3 is 0 Å². The van der Waals surface area contributed by atoms with Crippen molar-refractivity contribution in [1.29, 1.82) is 0 Å². The molecule has 2 nitrogen and oxygen atoms in total. The fourth-order valence-electron chi connectivity index (χ4n) is 1.49. The zero-order chi connectivity index (χ0) is 8.27. The van der Waals surface area contributed by atoms with Crippen LogP contribution in [-0.2, 0) is 4.79 Å². The molecule has 0 saturated heterocycles. The van der Waals surface area contributed by atoms with E-state index in [1.165, 1.54) is 18.9 Å². The van der Waals surface area contributed by atoms with Crippen molar-refractivity contribution in [3.63, 3.8) is 0 Å². The van der Waals surface area contributed by atoms with Gasteiger partial charge in [-0.2, -0.15) is 0 Å². The van der Waals surface area contributed by atoms with Crippen LogP contribution in [0.15, 0.2) is 12.7 Å². The molecule has 2 unspecified atom stereocenters. The van der Waals surface area contributed by atoms with Crippen molar-refractivity contribution in [2.45, 2.75) is 32.2 Å². The minimum Gasteiger partial charge on any atom is -0.350 e. The molecular weight excluding hydrogens is 138 g/mol. The number of carbonyl (C=O) groups is 1. The summed E-state index contributed by atoms with van der Waals surface area (Å²) >= 11 is 0. The first-order chi connectivity index (χ1) is 5.27. The lowest BCUT2D eigenvalue weighted by atomic mass is 9.78. The molecule has 0 aliphatic heterocycles. The van der Waals surface area contributed by atoms with Crippen molar-refractivity contribution in [3.05, 3.63) is 12.7 Å². The summed E-state index contributed by atoms with van der Waals surface area (Å²) in [6.45, 7) is 5.57. The van der Waals surface area contributed by atoms with Gasteiger partial charge in [0.1, 0.15) is 0 Å². The van der Waals surface area contributed by atoms with Crippen molar-refractivity contribution in [2.24, 2.45) is 5.92 Å². The fourth-order valence-corrected chi connectivity index (χ4v) is 1.49. The van der Waals surface area contributed by atoms with Crippen molar-refractivity contribution in [1.82, 2.24) is 5.32 Å². The first-order valence-corrected chi connectivity index (χ1v) is 4.20. The molecule has 1 amide bonds. The molecule has 1 aliphatic carbocycles.